The number of fused-ring (bicyclic) bond motifs is 1. The number of β-lactam (4-membered cyclic amide) rings is 1. The van der Waals surface area contributed by atoms with Gasteiger partial charge in [-0.3, -0.25) is 43.4 Å². The maximum atomic E-state index is 13.2. The Morgan fingerprint density at radius 1 is 1.12 bits per heavy atom. The molecule has 4 rings (SSSR count). The van der Waals surface area contributed by atoms with E-state index in [0.29, 0.717) is 17.1 Å². The van der Waals surface area contributed by atoms with Gasteiger partial charge in [0.15, 0.2) is 5.16 Å². The van der Waals surface area contributed by atoms with Crippen LogP contribution in [0.3, 0.4) is 0 Å². The smallest absolute Gasteiger partial charge is 0.352 e. The molecule has 1 fully saturated rings. The summed E-state index contributed by atoms with van der Waals surface area (Å²) in [6.07, 6.45) is -0.605. The van der Waals surface area contributed by atoms with E-state index in [1.54, 1.807) is 13.8 Å². The Morgan fingerprint density at radius 2 is 1.82 bits per heavy atom. The number of carbonyl (C=O) groups is 6. The number of aliphatic carboxylic acids is 2. The first kappa shape index (κ1) is 37.7. The molecule has 3 atom stereocenters. The molecule has 6 N–H and O–H groups in total. The first-order chi connectivity index (χ1) is 23.6. The number of aromatic nitrogens is 5. The summed E-state index contributed by atoms with van der Waals surface area (Å²) in [6.45, 7) is 3.25. The van der Waals surface area contributed by atoms with Crippen molar-refractivity contribution in [3.63, 3.8) is 0 Å². The molecule has 24 heteroatoms. The lowest BCUT2D eigenvalue weighted by Crippen LogP contribution is -2.71. The van der Waals surface area contributed by atoms with Crippen molar-refractivity contribution in [3.8, 4) is 0 Å². The van der Waals surface area contributed by atoms with E-state index in [2.05, 4.69) is 40.5 Å². The molecular weight excluding hydrogens is 725 g/mol. The van der Waals surface area contributed by atoms with Gasteiger partial charge in [0.05, 0.1) is 0 Å². The molecule has 0 saturated carbocycles. The fraction of sp³-hybridized carbons (Fsp3) is 0.462. The fourth-order valence-electron chi connectivity index (χ4n) is 4.56. The van der Waals surface area contributed by atoms with E-state index in [1.807, 2.05) is 0 Å². The molecule has 50 heavy (non-hydrogen) atoms. The Labute approximate surface area is 293 Å². The molecule has 0 radical (unpaired) electrons. The maximum absolute atomic E-state index is 13.2. The van der Waals surface area contributed by atoms with Crippen LogP contribution in [0.15, 0.2) is 31.2 Å². The van der Waals surface area contributed by atoms with Crippen molar-refractivity contribution in [3.05, 3.63) is 37.8 Å². The van der Waals surface area contributed by atoms with Crippen molar-refractivity contribution in [2.75, 3.05) is 23.9 Å². The number of aromatic amines is 1. The minimum atomic E-state index is -1.38. The van der Waals surface area contributed by atoms with Crippen LogP contribution in [0, 0.1) is 5.92 Å². The summed E-state index contributed by atoms with van der Waals surface area (Å²) in [5.74, 6) is -5.95. The van der Waals surface area contributed by atoms with Crippen LogP contribution in [0.25, 0.3) is 0 Å². The second-order valence-electron chi connectivity index (χ2n) is 10.8. The van der Waals surface area contributed by atoms with Crippen LogP contribution in [-0.4, -0.2) is 117 Å². The van der Waals surface area contributed by atoms with E-state index in [9.17, 15) is 48.6 Å². The number of carboxylic acid groups (broad SMARTS) is 2. The van der Waals surface area contributed by atoms with Gasteiger partial charge in [-0.1, -0.05) is 30.8 Å². The molecular formula is C26H30N10O11S3. The van der Waals surface area contributed by atoms with Crippen LogP contribution in [0.2, 0.25) is 0 Å². The van der Waals surface area contributed by atoms with E-state index in [1.165, 1.54) is 23.5 Å². The van der Waals surface area contributed by atoms with Gasteiger partial charge < -0.3 is 31.0 Å². The number of hydrogen-bond acceptors (Lipinski definition) is 16. The van der Waals surface area contributed by atoms with E-state index < -0.39 is 69.9 Å². The predicted octanol–water partition coefficient (Wildman–Crippen LogP) is -1.85. The maximum Gasteiger partial charge on any atom is 0.352 e. The normalized spacial score (nSPS) is 17.8. The summed E-state index contributed by atoms with van der Waals surface area (Å²) in [7, 11) is 2.61. The zero-order valence-electron chi connectivity index (χ0n) is 26.6. The van der Waals surface area contributed by atoms with Crippen molar-refractivity contribution >= 4 is 81.5 Å². The van der Waals surface area contributed by atoms with Crippen LogP contribution in [0.1, 0.15) is 32.5 Å². The largest absolute Gasteiger partial charge is 0.480 e. The minimum Gasteiger partial charge on any atom is -0.480 e. The highest BCUT2D eigenvalue weighted by molar-refractivity contribution is 8.01. The fourth-order valence-corrected chi connectivity index (χ4v) is 7.55. The lowest BCUT2D eigenvalue weighted by molar-refractivity contribution is -0.150. The van der Waals surface area contributed by atoms with E-state index in [0.717, 1.165) is 23.8 Å². The third-order valence-corrected chi connectivity index (χ3v) is 10.1. The molecule has 4 amide bonds. The number of amides is 4. The van der Waals surface area contributed by atoms with Crippen LogP contribution in [-0.2, 0) is 40.7 Å². The van der Waals surface area contributed by atoms with E-state index >= 15 is 0 Å². The Kier molecular flexibility index (Phi) is 12.1. The van der Waals surface area contributed by atoms with Crippen molar-refractivity contribution in [2.24, 2.45) is 18.1 Å². The molecule has 0 aromatic carbocycles. The number of anilines is 1. The van der Waals surface area contributed by atoms with Gasteiger partial charge in [0.1, 0.15) is 30.3 Å². The van der Waals surface area contributed by atoms with E-state index in [4.69, 9.17) is 4.84 Å². The quantitative estimate of drug-likeness (QED) is 0.0382. The average Bonchev–Trinajstić information content (AvgIpc) is 3.51. The van der Waals surface area contributed by atoms with Gasteiger partial charge in [-0.05, 0) is 11.5 Å². The minimum absolute atomic E-state index is 0.0318. The number of nitrogens with one attached hydrogen (secondary N) is 4. The van der Waals surface area contributed by atoms with Crippen LogP contribution < -0.4 is 27.1 Å². The lowest BCUT2D eigenvalue weighted by Gasteiger charge is -2.49. The summed E-state index contributed by atoms with van der Waals surface area (Å²) in [6, 6.07) is -2.26. The topological polar surface area (TPSA) is 297 Å². The molecule has 1 unspecified atom stereocenters. The number of hydrogen-bond donors (Lipinski definition) is 6. The van der Waals surface area contributed by atoms with Gasteiger partial charge in [0, 0.05) is 42.9 Å². The molecule has 268 valence electrons. The zero-order chi connectivity index (χ0) is 36.9. The van der Waals surface area contributed by atoms with E-state index in [-0.39, 0.29) is 52.1 Å². The van der Waals surface area contributed by atoms with Crippen LogP contribution in [0.4, 0.5) is 5.13 Å². The lowest BCUT2D eigenvalue weighted by atomic mass is 10.0. The van der Waals surface area contributed by atoms with Gasteiger partial charge in [-0.25, -0.2) is 9.59 Å². The summed E-state index contributed by atoms with van der Waals surface area (Å²) in [5, 5.41) is 31.7. The SMILES string of the molecule is CO/N=C(\C(=O)N[C@@H]1C(=O)N2C(C(=O)O)=C(CSc3nc(=O)c(=O)[nH]n3C)CS[C@H]12)c1nsc(NC(=O)CCC(=O)NC(C(=O)O)C(C)C)n1. The van der Waals surface area contributed by atoms with Gasteiger partial charge in [0.25, 0.3) is 11.8 Å². The molecule has 2 aromatic rings. The molecule has 0 bridgehead atoms. The predicted molar refractivity (Wildman–Crippen MR) is 176 cm³/mol. The number of H-pyrrole nitrogens is 1. The number of carbonyl (C=O) groups excluding carboxylic acids is 4. The Morgan fingerprint density at radius 3 is 2.46 bits per heavy atom. The van der Waals surface area contributed by atoms with Crippen LogP contribution in [0.5, 0.6) is 0 Å². The summed E-state index contributed by atoms with van der Waals surface area (Å²) < 4.78 is 5.23. The second kappa shape index (κ2) is 16.1. The number of aryl methyl sites for hydroxylation is 1. The van der Waals surface area contributed by atoms with Crippen molar-refractivity contribution in [2.45, 2.75) is 49.3 Å². The van der Waals surface area contributed by atoms with Crippen molar-refractivity contribution < 1.29 is 43.8 Å². The number of rotatable bonds is 15. The standard InChI is InChI=1S/C26H30N10O11S3/c1-9(2)13(23(43)44)27-11(37)5-6-12(38)28-25-30-17(34-50-25)14(33-47-4)18(39)29-15-21(42)36-16(24(45)46)10(7-48-22(15)36)8-49-26-31-19(40)20(41)32-35(26)3/h9,13,15,22H,5-8H2,1-4H3,(H,27,37)(H,29,39)(H,32,41)(H,43,44)(H,45,46)(H,28,30,34,38)/b33-14-/t13?,15-,22-/m1/s1. The number of nitrogens with zero attached hydrogens (tertiary/aromatic N) is 6. The monoisotopic (exact) mass is 754 g/mol. The average molecular weight is 755 g/mol. The van der Waals surface area contributed by atoms with Gasteiger partial charge in [-0.2, -0.15) is 14.3 Å². The zero-order valence-corrected chi connectivity index (χ0v) is 29.1. The molecule has 2 aromatic heterocycles. The molecule has 2 aliphatic rings. The first-order valence-corrected chi connectivity index (χ1v) is 17.2. The molecule has 1 saturated heterocycles. The molecule has 0 aliphatic carbocycles. The van der Waals surface area contributed by atoms with Crippen molar-refractivity contribution in [1.82, 2.24) is 39.7 Å². The Bertz CT molecular complexity index is 1900. The number of carboxylic acids is 2. The summed E-state index contributed by atoms with van der Waals surface area (Å²) >= 11 is 2.87. The highest BCUT2D eigenvalue weighted by Gasteiger charge is 2.54. The molecule has 2 aliphatic heterocycles. The number of thioether (sulfide) groups is 2. The number of oxime groups is 1. The van der Waals surface area contributed by atoms with Gasteiger partial charge >= 0.3 is 23.1 Å². The van der Waals surface area contributed by atoms with Gasteiger partial charge in [-0.15, -0.1) is 11.8 Å². The third-order valence-electron chi connectivity index (χ3n) is 6.97. The molecule has 21 nitrogen and oxygen atoms in total. The van der Waals surface area contributed by atoms with Gasteiger partial charge in [0.2, 0.25) is 28.5 Å². The summed E-state index contributed by atoms with van der Waals surface area (Å²) in [4.78, 5) is 111. The first-order valence-electron chi connectivity index (χ1n) is 14.4. The van der Waals surface area contributed by atoms with Crippen LogP contribution >= 0.6 is 35.1 Å². The highest BCUT2D eigenvalue weighted by atomic mass is 32.2. The second-order valence-corrected chi connectivity index (χ2v) is 13.6. The Balaban J connectivity index is 1.38. The third kappa shape index (κ3) is 8.54. The molecule has 4 heterocycles. The van der Waals surface area contributed by atoms with Crippen molar-refractivity contribution in [1.29, 1.82) is 0 Å². The molecule has 0 spiro atoms. The highest BCUT2D eigenvalue weighted by Crippen LogP contribution is 2.41. The summed E-state index contributed by atoms with van der Waals surface area (Å²) in [5.41, 5.74) is -2.30. The Hall–Kier alpha value is -5.10.